The second-order valence-corrected chi connectivity index (χ2v) is 10.1. The van der Waals surface area contributed by atoms with Gasteiger partial charge in [-0.05, 0) is 44.2 Å². The predicted octanol–water partition coefficient (Wildman–Crippen LogP) is 3.54. The van der Waals surface area contributed by atoms with Crippen LogP contribution in [-0.2, 0) is 35.3 Å². The van der Waals surface area contributed by atoms with Crippen molar-refractivity contribution in [2.45, 2.75) is 24.9 Å². The molecule has 1 aromatic heterocycles. The number of rotatable bonds is 11. The molecule has 42 heavy (non-hydrogen) atoms. The van der Waals surface area contributed by atoms with Gasteiger partial charge in [0, 0.05) is 5.56 Å². The first-order valence-electron chi connectivity index (χ1n) is 11.9. The summed E-state index contributed by atoms with van der Waals surface area (Å²) < 4.78 is 77.4. The van der Waals surface area contributed by atoms with Gasteiger partial charge in [0.05, 0.1) is 34.9 Å². The average molecular weight is 615 g/mol. The number of carbonyl (C=O) groups excluding carboxylic acids is 2. The number of hydrogen-bond donors (Lipinski definition) is 1. The fourth-order valence-electron chi connectivity index (χ4n) is 3.29. The molecule has 0 radical (unpaired) electrons. The minimum absolute atomic E-state index is 0.0522. The third kappa shape index (κ3) is 8.32. The number of ether oxygens (including phenoxy) is 2. The molecule has 0 atom stereocenters. The molecule has 0 aliphatic rings. The van der Waals surface area contributed by atoms with Crippen LogP contribution in [0.25, 0.3) is 16.9 Å². The van der Waals surface area contributed by atoms with Gasteiger partial charge < -0.3 is 19.5 Å². The molecule has 0 bridgehead atoms. The molecule has 0 saturated heterocycles. The first-order valence-corrected chi connectivity index (χ1v) is 13.4. The van der Waals surface area contributed by atoms with Crippen LogP contribution in [-0.4, -0.2) is 67.2 Å². The summed E-state index contributed by atoms with van der Waals surface area (Å²) in [6.07, 6.45) is -5.78. The van der Waals surface area contributed by atoms with Crippen LogP contribution in [0.4, 0.5) is 18.0 Å². The molecule has 2 aromatic carbocycles. The van der Waals surface area contributed by atoms with Crippen LogP contribution >= 0.6 is 0 Å². The van der Waals surface area contributed by atoms with Crippen molar-refractivity contribution in [1.29, 1.82) is 0 Å². The zero-order valence-corrected chi connectivity index (χ0v) is 23.2. The Hall–Kier alpha value is -4.87. The highest BCUT2D eigenvalue weighted by molar-refractivity contribution is 7.90. The lowest BCUT2D eigenvalue weighted by Crippen LogP contribution is -2.40. The summed E-state index contributed by atoms with van der Waals surface area (Å²) >= 11 is 0. The number of nitrogens with zero attached hydrogens (tertiary/aromatic N) is 5. The highest BCUT2D eigenvalue weighted by Gasteiger charge is 2.35. The maximum absolute atomic E-state index is 13.4. The molecule has 1 N–H and O–H groups in total. The van der Waals surface area contributed by atoms with E-state index in [1.807, 2.05) is 6.92 Å². The molecule has 3 aromatic rings. The Morgan fingerprint density at radius 3 is 2.36 bits per heavy atom. The van der Waals surface area contributed by atoms with Crippen molar-refractivity contribution in [3.05, 3.63) is 71.1 Å². The standard InChI is InChI=1S/C24H25F3N6O8S/c1-4-39-23(35)40-15-41-30-33(36)31(3)14-22(34)29-42(37,38)19-11-9-18(10-12-19)32-20(13-21(28-32)24(25,26)27)17-7-5-16(2)6-8-17/h5-13H,4,14-15H2,1-3H3,(H,29,34). The van der Waals surface area contributed by atoms with Gasteiger partial charge in [0.2, 0.25) is 5.28 Å². The second-order valence-electron chi connectivity index (χ2n) is 8.44. The average Bonchev–Trinajstić information content (AvgIpc) is 3.37. The number of likely N-dealkylation sites (N-methyl/N-ethyl adjacent to an activating group) is 1. The molecule has 1 amide bonds. The second kappa shape index (κ2) is 13.2. The SMILES string of the molecule is CCOC(=O)OCON=[N+]([O-])N(C)CC(=O)NS(=O)(=O)c1ccc(-n2nc(C(F)(F)F)cc2-c2ccc(C)cc2)cc1. The lowest BCUT2D eigenvalue weighted by Gasteiger charge is -2.13. The number of benzene rings is 2. The quantitative estimate of drug-likeness (QED) is 0.0842. The number of alkyl halides is 3. The summed E-state index contributed by atoms with van der Waals surface area (Å²) in [5, 5.41) is 19.2. The minimum Gasteiger partial charge on any atom is -0.569 e. The van der Waals surface area contributed by atoms with Gasteiger partial charge in [0.25, 0.3) is 22.7 Å². The topological polar surface area (TPSA) is 167 Å². The monoisotopic (exact) mass is 614 g/mol. The number of amides is 1. The molecule has 14 nitrogen and oxygen atoms in total. The van der Waals surface area contributed by atoms with E-state index >= 15 is 0 Å². The Bertz CT molecular complexity index is 1540. The lowest BCUT2D eigenvalue weighted by molar-refractivity contribution is -0.704. The molecule has 0 saturated carbocycles. The third-order valence-electron chi connectivity index (χ3n) is 5.27. The zero-order chi connectivity index (χ0) is 31.1. The Morgan fingerprint density at radius 1 is 1.12 bits per heavy atom. The van der Waals surface area contributed by atoms with Gasteiger partial charge in [-0.25, -0.2) is 22.6 Å². The number of aryl methyl sites for hydroxylation is 1. The van der Waals surface area contributed by atoms with Crippen LogP contribution in [0.15, 0.2) is 64.8 Å². The lowest BCUT2D eigenvalue weighted by atomic mass is 10.1. The van der Waals surface area contributed by atoms with Gasteiger partial charge >= 0.3 is 12.3 Å². The van der Waals surface area contributed by atoms with Crippen molar-refractivity contribution in [2.24, 2.45) is 5.28 Å². The van der Waals surface area contributed by atoms with Crippen LogP contribution in [0.2, 0.25) is 0 Å². The normalized spacial score (nSPS) is 12.0. The highest BCUT2D eigenvalue weighted by atomic mass is 32.2. The summed E-state index contributed by atoms with van der Waals surface area (Å²) in [6.45, 7) is 1.88. The first-order chi connectivity index (χ1) is 19.7. The minimum atomic E-state index is -4.72. The number of hydrazine groups is 1. The number of halogens is 3. The maximum atomic E-state index is 13.4. The van der Waals surface area contributed by atoms with Gasteiger partial charge in [0.15, 0.2) is 12.2 Å². The van der Waals surface area contributed by atoms with Crippen LogP contribution in [0.3, 0.4) is 0 Å². The summed E-state index contributed by atoms with van der Waals surface area (Å²) in [5.41, 5.74) is 0.463. The van der Waals surface area contributed by atoms with E-state index in [4.69, 9.17) is 0 Å². The number of carbonyl (C=O) groups is 2. The maximum Gasteiger partial charge on any atom is 0.511 e. The van der Waals surface area contributed by atoms with Crippen molar-refractivity contribution in [3.63, 3.8) is 0 Å². The molecule has 0 aliphatic carbocycles. The van der Waals surface area contributed by atoms with E-state index in [2.05, 4.69) is 24.7 Å². The van der Waals surface area contributed by atoms with E-state index in [0.29, 0.717) is 10.6 Å². The van der Waals surface area contributed by atoms with E-state index in [-0.39, 0.29) is 27.9 Å². The molecule has 1 heterocycles. The van der Waals surface area contributed by atoms with Gasteiger partial charge in [0.1, 0.15) is 0 Å². The van der Waals surface area contributed by atoms with Gasteiger partial charge in [-0.3, -0.25) is 4.79 Å². The molecule has 0 spiro atoms. The third-order valence-corrected chi connectivity index (χ3v) is 6.66. The number of aromatic nitrogens is 2. The number of sulfonamides is 1. The summed E-state index contributed by atoms with van der Waals surface area (Å²) in [4.78, 5) is 27.1. The summed E-state index contributed by atoms with van der Waals surface area (Å²) in [7, 11) is -3.35. The fourth-order valence-corrected chi connectivity index (χ4v) is 4.27. The van der Waals surface area contributed by atoms with E-state index in [0.717, 1.165) is 35.5 Å². The Kier molecular flexibility index (Phi) is 9.95. The largest absolute Gasteiger partial charge is 0.569 e. The van der Waals surface area contributed by atoms with Gasteiger partial charge in [-0.2, -0.15) is 18.3 Å². The van der Waals surface area contributed by atoms with Crippen LogP contribution in [0.1, 0.15) is 18.2 Å². The zero-order valence-electron chi connectivity index (χ0n) is 22.4. The van der Waals surface area contributed by atoms with E-state index in [1.165, 1.54) is 12.1 Å². The van der Waals surface area contributed by atoms with Crippen LogP contribution < -0.4 is 4.72 Å². The Labute approximate surface area is 237 Å². The predicted molar refractivity (Wildman–Crippen MR) is 137 cm³/mol. The van der Waals surface area contributed by atoms with Crippen LogP contribution in [0.5, 0.6) is 0 Å². The van der Waals surface area contributed by atoms with Gasteiger partial charge in [-0.15, -0.1) is 5.01 Å². The molecule has 18 heteroatoms. The smallest absolute Gasteiger partial charge is 0.511 e. The Balaban J connectivity index is 1.70. The van der Waals surface area contributed by atoms with E-state index in [1.54, 1.807) is 35.9 Å². The Morgan fingerprint density at radius 2 is 1.76 bits per heavy atom. The van der Waals surface area contributed by atoms with E-state index in [9.17, 15) is 36.4 Å². The van der Waals surface area contributed by atoms with Crippen molar-refractivity contribution in [1.82, 2.24) is 19.5 Å². The molecule has 3 rings (SSSR count). The van der Waals surface area contributed by atoms with Gasteiger partial charge in [-0.1, -0.05) is 29.8 Å². The molecule has 0 aliphatic heterocycles. The van der Waals surface area contributed by atoms with Crippen molar-refractivity contribution in [2.75, 3.05) is 27.0 Å². The fraction of sp³-hybridized carbons (Fsp3) is 0.292. The molecule has 0 fully saturated rings. The molecular formula is C24H25F3N6O8S. The van der Waals surface area contributed by atoms with Crippen molar-refractivity contribution in [3.8, 4) is 16.9 Å². The molecule has 226 valence electrons. The van der Waals surface area contributed by atoms with E-state index < -0.39 is 47.3 Å². The number of nitrogens with one attached hydrogen (secondary N) is 1. The number of hydrogen-bond acceptors (Lipinski definition) is 10. The summed E-state index contributed by atoms with van der Waals surface area (Å²) in [6, 6.07) is 12.2. The highest BCUT2D eigenvalue weighted by Crippen LogP contribution is 2.33. The molecule has 0 unspecified atom stereocenters. The first kappa shape index (κ1) is 31.7. The van der Waals surface area contributed by atoms with Crippen molar-refractivity contribution >= 4 is 22.1 Å². The molecular weight excluding hydrogens is 589 g/mol. The summed E-state index contributed by atoms with van der Waals surface area (Å²) in [5.74, 6) is -1.12. The van der Waals surface area contributed by atoms with Crippen LogP contribution in [0, 0.1) is 12.1 Å². The van der Waals surface area contributed by atoms with Crippen molar-refractivity contribution < 1.29 is 50.5 Å².